The predicted octanol–water partition coefficient (Wildman–Crippen LogP) is 9.49. The number of carbonyl (C=O) groups excluding carboxylic acids is 2. The number of anilines is 1. The quantitative estimate of drug-likeness (QED) is 0.0472. The van der Waals surface area contributed by atoms with Crippen LogP contribution in [0.4, 0.5) is 5.13 Å². The Bertz CT molecular complexity index is 2290. The number of thioether (sulfide) groups is 1. The van der Waals surface area contributed by atoms with Gasteiger partial charge in [-0.3, -0.25) is 14.5 Å². The molecule has 2 aromatic heterocycles. The van der Waals surface area contributed by atoms with E-state index in [-0.39, 0.29) is 16.5 Å². The Morgan fingerprint density at radius 1 is 0.923 bits per heavy atom. The average molecular weight is 736 g/mol. The Morgan fingerprint density at radius 2 is 1.73 bits per heavy atom. The van der Waals surface area contributed by atoms with Crippen LogP contribution < -0.4 is 19.1 Å². The van der Waals surface area contributed by atoms with Crippen LogP contribution in [0, 0.1) is 0 Å². The minimum absolute atomic E-state index is 0.0507. The van der Waals surface area contributed by atoms with E-state index in [9.17, 15) is 14.7 Å². The lowest BCUT2D eigenvalue weighted by molar-refractivity contribution is -0.117. The first-order chi connectivity index (χ1) is 25.4. The number of benzene rings is 4. The molecule has 52 heavy (non-hydrogen) atoms. The molecule has 1 aliphatic heterocycles. The first-order valence-electron chi connectivity index (χ1n) is 17.1. The fraction of sp³-hybridized carbons (Fsp3) is 0.250. The number of para-hydroxylation sites is 1. The summed E-state index contributed by atoms with van der Waals surface area (Å²) in [7, 11) is 1.51. The molecule has 6 aromatic rings. The van der Waals surface area contributed by atoms with Gasteiger partial charge in [-0.2, -0.15) is 0 Å². The van der Waals surface area contributed by atoms with Crippen LogP contribution in [0.5, 0.6) is 17.2 Å². The van der Waals surface area contributed by atoms with Crippen molar-refractivity contribution in [2.24, 2.45) is 0 Å². The van der Waals surface area contributed by atoms with Crippen LogP contribution in [0.1, 0.15) is 60.8 Å². The summed E-state index contributed by atoms with van der Waals surface area (Å²) in [5, 5.41) is 23.5. The zero-order valence-electron chi connectivity index (χ0n) is 29.0. The second-order valence-corrected chi connectivity index (χ2v) is 14.3. The number of fused-ring (bicyclic) bond motifs is 2. The van der Waals surface area contributed by atoms with Crippen molar-refractivity contribution in [3.05, 3.63) is 113 Å². The molecule has 10 nitrogen and oxygen atoms in total. The summed E-state index contributed by atoms with van der Waals surface area (Å²) in [6, 6.07) is 25.5. The third-order valence-corrected chi connectivity index (χ3v) is 10.9. The molecule has 0 saturated carbocycles. The topological polar surface area (TPSA) is 124 Å². The number of furan rings is 1. The first-order valence-corrected chi connectivity index (χ1v) is 18.9. The smallest absolute Gasteiger partial charge is 0.296 e. The van der Waals surface area contributed by atoms with Gasteiger partial charge in [-0.15, -0.1) is 10.2 Å². The molecule has 1 N–H and O–H groups in total. The van der Waals surface area contributed by atoms with E-state index in [0.29, 0.717) is 57.1 Å². The van der Waals surface area contributed by atoms with E-state index < -0.39 is 23.5 Å². The highest BCUT2D eigenvalue weighted by Gasteiger charge is 2.47. The van der Waals surface area contributed by atoms with Crippen LogP contribution in [-0.2, 0) is 10.5 Å². The van der Waals surface area contributed by atoms with Gasteiger partial charge in [0.15, 0.2) is 38.7 Å². The summed E-state index contributed by atoms with van der Waals surface area (Å²) in [6.45, 7) is 4.88. The molecular formula is C40H37N3O7S2. The van der Waals surface area contributed by atoms with E-state index in [4.69, 9.17) is 18.6 Å². The largest absolute Gasteiger partial charge is 0.503 e. The average Bonchev–Trinajstić information content (AvgIpc) is 3.89. The Morgan fingerprint density at radius 3 is 2.56 bits per heavy atom. The summed E-state index contributed by atoms with van der Waals surface area (Å²) in [6.07, 6.45) is 2.99. The van der Waals surface area contributed by atoms with Crippen LogP contribution in [-0.4, -0.2) is 47.3 Å². The molecule has 1 amide bonds. The maximum Gasteiger partial charge on any atom is 0.296 e. The van der Waals surface area contributed by atoms with Gasteiger partial charge in [0.1, 0.15) is 0 Å². The highest BCUT2D eigenvalue weighted by atomic mass is 32.2. The molecule has 0 aliphatic carbocycles. The number of hydrogen-bond acceptors (Lipinski definition) is 11. The van der Waals surface area contributed by atoms with Gasteiger partial charge >= 0.3 is 0 Å². The number of rotatable bonds is 15. The number of nitrogens with zero attached hydrogens (tertiary/aromatic N) is 3. The molecule has 0 saturated heterocycles. The highest BCUT2D eigenvalue weighted by Crippen LogP contribution is 2.46. The number of hydrogen-bond donors (Lipinski definition) is 1. The number of ketones is 1. The Balaban J connectivity index is 1.26. The van der Waals surface area contributed by atoms with Gasteiger partial charge in [0.05, 0.1) is 31.9 Å². The zero-order valence-corrected chi connectivity index (χ0v) is 30.6. The van der Waals surface area contributed by atoms with E-state index >= 15 is 0 Å². The lowest BCUT2D eigenvalue weighted by atomic mass is 9.95. The van der Waals surface area contributed by atoms with Gasteiger partial charge in [-0.1, -0.05) is 104 Å². The van der Waals surface area contributed by atoms with Gasteiger partial charge in [0.2, 0.25) is 10.9 Å². The molecule has 4 aromatic carbocycles. The molecule has 0 fully saturated rings. The minimum atomic E-state index is -1.08. The van der Waals surface area contributed by atoms with Crippen LogP contribution in [0.3, 0.4) is 0 Å². The number of aliphatic hydroxyl groups is 1. The highest BCUT2D eigenvalue weighted by molar-refractivity contribution is 8.00. The standard InChI is InChI=1S/C40H37N3O7S2/c1-4-6-9-20-49-29-19-18-25(21-31(29)48-5-2)34-33(35(44)32-22-26-14-11-17-30(47-3)37(26)50-32)36(45)38(46)43(34)39-41-42-40(52-39)51-23-27-15-10-13-24-12-7-8-16-28(24)27/h7-8,10-19,21-22,34,45H,4-6,9,20,23H2,1-3H3. The van der Waals surface area contributed by atoms with Crippen molar-refractivity contribution in [1.82, 2.24) is 10.2 Å². The molecule has 1 atom stereocenters. The lowest BCUT2D eigenvalue weighted by Gasteiger charge is -2.25. The summed E-state index contributed by atoms with van der Waals surface area (Å²) >= 11 is 2.71. The fourth-order valence-corrected chi connectivity index (χ4v) is 8.20. The molecule has 0 radical (unpaired) electrons. The maximum absolute atomic E-state index is 14.4. The van der Waals surface area contributed by atoms with Crippen LogP contribution >= 0.6 is 23.1 Å². The Kier molecular flexibility index (Phi) is 10.5. The Hall–Kier alpha value is -5.33. The van der Waals surface area contributed by atoms with Crippen molar-refractivity contribution in [2.45, 2.75) is 49.2 Å². The summed E-state index contributed by atoms with van der Waals surface area (Å²) in [5.74, 6) is -0.0798. The van der Waals surface area contributed by atoms with E-state index in [1.807, 2.05) is 25.1 Å². The van der Waals surface area contributed by atoms with Crippen molar-refractivity contribution in [3.8, 4) is 17.2 Å². The van der Waals surface area contributed by atoms with Gasteiger partial charge in [0.25, 0.3) is 5.91 Å². The van der Waals surface area contributed by atoms with E-state index in [1.165, 1.54) is 35.1 Å². The number of amides is 1. The van der Waals surface area contributed by atoms with Gasteiger partial charge in [-0.05, 0) is 59.5 Å². The van der Waals surface area contributed by atoms with Crippen molar-refractivity contribution >= 4 is 61.7 Å². The number of Topliss-reactive ketones (excluding diaryl/α,β-unsaturated/α-hetero) is 1. The maximum atomic E-state index is 14.4. The minimum Gasteiger partial charge on any atom is -0.503 e. The summed E-state index contributed by atoms with van der Waals surface area (Å²) in [5.41, 5.74) is 1.89. The monoisotopic (exact) mass is 735 g/mol. The van der Waals surface area contributed by atoms with Crippen molar-refractivity contribution in [2.75, 3.05) is 25.2 Å². The number of methoxy groups -OCH3 is 1. The van der Waals surface area contributed by atoms with Crippen molar-refractivity contribution in [1.29, 1.82) is 0 Å². The van der Waals surface area contributed by atoms with E-state index in [0.717, 1.165) is 35.6 Å². The predicted molar refractivity (Wildman–Crippen MR) is 203 cm³/mol. The van der Waals surface area contributed by atoms with Crippen molar-refractivity contribution in [3.63, 3.8) is 0 Å². The van der Waals surface area contributed by atoms with Gasteiger partial charge < -0.3 is 23.7 Å². The molecule has 0 bridgehead atoms. The molecular weight excluding hydrogens is 699 g/mol. The molecule has 12 heteroatoms. The lowest BCUT2D eigenvalue weighted by Crippen LogP contribution is -2.31. The SMILES string of the molecule is CCCCCOc1ccc(C2C(C(=O)c3cc4cccc(OC)c4o3)=C(O)C(=O)N2c2nnc(SCc3cccc4ccccc34)s2)cc1OCC. The van der Waals surface area contributed by atoms with Crippen LogP contribution in [0.25, 0.3) is 21.7 Å². The molecule has 0 spiro atoms. The second-order valence-electron chi connectivity index (χ2n) is 12.1. The molecule has 266 valence electrons. The number of ether oxygens (including phenoxy) is 3. The van der Waals surface area contributed by atoms with Crippen LogP contribution in [0.15, 0.2) is 105 Å². The summed E-state index contributed by atoms with van der Waals surface area (Å²) in [4.78, 5) is 29.7. The van der Waals surface area contributed by atoms with Crippen molar-refractivity contribution < 1.29 is 33.3 Å². The van der Waals surface area contributed by atoms with E-state index in [1.54, 1.807) is 42.5 Å². The number of unbranched alkanes of at least 4 members (excludes halogenated alkanes) is 2. The number of aromatic nitrogens is 2. The fourth-order valence-electron chi connectivity index (χ4n) is 6.32. The van der Waals surface area contributed by atoms with Crippen LogP contribution in [0.2, 0.25) is 0 Å². The third kappa shape index (κ3) is 6.83. The third-order valence-electron chi connectivity index (χ3n) is 8.83. The second kappa shape index (κ2) is 15.5. The first kappa shape index (κ1) is 35.1. The molecule has 1 unspecified atom stereocenters. The molecule has 7 rings (SSSR count). The normalized spacial score (nSPS) is 14.5. The van der Waals surface area contributed by atoms with Gasteiger partial charge in [-0.25, -0.2) is 0 Å². The Labute approximate surface area is 309 Å². The number of aliphatic hydroxyl groups excluding tert-OH is 1. The number of carbonyl (C=O) groups is 2. The van der Waals surface area contributed by atoms with Gasteiger partial charge in [0, 0.05) is 11.1 Å². The van der Waals surface area contributed by atoms with E-state index in [2.05, 4.69) is 41.4 Å². The summed E-state index contributed by atoms with van der Waals surface area (Å²) < 4.78 is 24.1. The molecule has 3 heterocycles. The molecule has 1 aliphatic rings. The zero-order chi connectivity index (χ0) is 36.2.